The van der Waals surface area contributed by atoms with Crippen LogP contribution in [0.5, 0.6) is 0 Å². The van der Waals surface area contributed by atoms with Crippen LogP contribution >= 0.6 is 0 Å². The van der Waals surface area contributed by atoms with E-state index in [0.29, 0.717) is 25.9 Å². The number of nitrogens with zero attached hydrogens (tertiary/aromatic N) is 1. The van der Waals surface area contributed by atoms with Gasteiger partial charge in [-0.2, -0.15) is 0 Å². The maximum Gasteiger partial charge on any atom is 0.223 e. The molecule has 134 valence electrons. The zero-order valence-electron chi connectivity index (χ0n) is 15.0. The SMILES string of the molecule is CC[C@H](NC(=O)C1CCN(S(C)(=O)=O)CC1)c1ccc(C)c(C)c1. The normalized spacial score (nSPS) is 18.3. The summed E-state index contributed by atoms with van der Waals surface area (Å²) in [5.41, 5.74) is 3.59. The molecule has 0 radical (unpaired) electrons. The second-order valence-corrected chi connectivity index (χ2v) is 8.73. The average molecular weight is 353 g/mol. The fraction of sp³-hybridized carbons (Fsp3) is 0.611. The van der Waals surface area contributed by atoms with Gasteiger partial charge in [0, 0.05) is 19.0 Å². The minimum atomic E-state index is -3.15. The van der Waals surface area contributed by atoms with Gasteiger partial charge in [0.05, 0.1) is 12.3 Å². The minimum Gasteiger partial charge on any atom is -0.349 e. The van der Waals surface area contributed by atoms with Crippen molar-refractivity contribution in [3.63, 3.8) is 0 Å². The zero-order chi connectivity index (χ0) is 17.9. The Morgan fingerprint density at radius 1 is 1.25 bits per heavy atom. The van der Waals surface area contributed by atoms with Crippen LogP contribution in [0.25, 0.3) is 0 Å². The third-order valence-electron chi connectivity index (χ3n) is 4.95. The Morgan fingerprint density at radius 2 is 1.88 bits per heavy atom. The molecule has 1 aliphatic rings. The summed E-state index contributed by atoms with van der Waals surface area (Å²) >= 11 is 0. The van der Waals surface area contributed by atoms with Crippen molar-refractivity contribution in [2.24, 2.45) is 5.92 Å². The molecule has 0 unspecified atom stereocenters. The molecule has 0 saturated carbocycles. The van der Waals surface area contributed by atoms with Crippen molar-refractivity contribution in [3.8, 4) is 0 Å². The van der Waals surface area contributed by atoms with Crippen molar-refractivity contribution in [1.82, 2.24) is 9.62 Å². The Kier molecular flexibility index (Phi) is 6.04. The molecule has 1 aromatic rings. The van der Waals surface area contributed by atoms with Gasteiger partial charge in [-0.3, -0.25) is 4.79 Å². The molecule has 0 bridgehead atoms. The molecule has 0 spiro atoms. The number of piperidine rings is 1. The van der Waals surface area contributed by atoms with E-state index in [0.717, 1.165) is 12.0 Å². The molecule has 1 heterocycles. The van der Waals surface area contributed by atoms with Gasteiger partial charge in [-0.1, -0.05) is 25.1 Å². The first-order valence-electron chi connectivity index (χ1n) is 8.55. The van der Waals surface area contributed by atoms with Crippen LogP contribution in [-0.4, -0.2) is 38.0 Å². The van der Waals surface area contributed by atoms with Gasteiger partial charge in [-0.15, -0.1) is 0 Å². The van der Waals surface area contributed by atoms with E-state index in [4.69, 9.17) is 0 Å². The Labute approximate surface area is 145 Å². The van der Waals surface area contributed by atoms with Crippen LogP contribution in [0, 0.1) is 19.8 Å². The summed E-state index contributed by atoms with van der Waals surface area (Å²) in [4.78, 5) is 12.6. The minimum absolute atomic E-state index is 0.00439. The number of benzene rings is 1. The molecule has 5 nitrogen and oxygen atoms in total. The summed E-state index contributed by atoms with van der Waals surface area (Å²) in [6.07, 6.45) is 3.22. The Balaban J connectivity index is 1.99. The van der Waals surface area contributed by atoms with Gasteiger partial charge in [0.2, 0.25) is 15.9 Å². The highest BCUT2D eigenvalue weighted by Crippen LogP contribution is 2.23. The number of carbonyl (C=O) groups excluding carboxylic acids is 1. The van der Waals surface area contributed by atoms with Crippen LogP contribution in [0.1, 0.15) is 48.9 Å². The monoisotopic (exact) mass is 352 g/mol. The number of rotatable bonds is 5. The summed E-state index contributed by atoms with van der Waals surface area (Å²) in [5, 5.41) is 3.15. The van der Waals surface area contributed by atoms with Gasteiger partial charge in [0.1, 0.15) is 0 Å². The molecular weight excluding hydrogens is 324 g/mol. The molecule has 24 heavy (non-hydrogen) atoms. The topological polar surface area (TPSA) is 66.5 Å². The van der Waals surface area contributed by atoms with Crippen molar-refractivity contribution in [2.75, 3.05) is 19.3 Å². The lowest BCUT2D eigenvalue weighted by atomic mass is 9.95. The lowest BCUT2D eigenvalue weighted by Gasteiger charge is -2.30. The third-order valence-corrected chi connectivity index (χ3v) is 6.25. The van der Waals surface area contributed by atoms with Crippen molar-refractivity contribution in [1.29, 1.82) is 0 Å². The molecule has 1 atom stereocenters. The largest absolute Gasteiger partial charge is 0.349 e. The van der Waals surface area contributed by atoms with Crippen LogP contribution in [0.4, 0.5) is 0 Å². The van der Waals surface area contributed by atoms with Crippen LogP contribution < -0.4 is 5.32 Å². The van der Waals surface area contributed by atoms with Gasteiger partial charge in [-0.25, -0.2) is 12.7 Å². The third kappa shape index (κ3) is 4.57. The van der Waals surface area contributed by atoms with E-state index in [1.54, 1.807) is 0 Å². The van der Waals surface area contributed by atoms with Crippen molar-refractivity contribution in [3.05, 3.63) is 34.9 Å². The summed E-state index contributed by atoms with van der Waals surface area (Å²) in [7, 11) is -3.15. The fourth-order valence-electron chi connectivity index (χ4n) is 3.14. The second kappa shape index (κ2) is 7.66. The number of nitrogens with one attached hydrogen (secondary N) is 1. The predicted octanol–water partition coefficient (Wildman–Crippen LogP) is 2.54. The van der Waals surface area contributed by atoms with Crippen LogP contribution in [0.2, 0.25) is 0 Å². The van der Waals surface area contributed by atoms with Gasteiger partial charge in [-0.05, 0) is 49.8 Å². The lowest BCUT2D eigenvalue weighted by Crippen LogP contribution is -2.43. The van der Waals surface area contributed by atoms with Crippen molar-refractivity contribution in [2.45, 2.75) is 46.1 Å². The van der Waals surface area contributed by atoms with Crippen LogP contribution in [0.15, 0.2) is 18.2 Å². The number of amides is 1. The molecule has 0 aromatic heterocycles. The molecule has 1 amide bonds. The highest BCUT2D eigenvalue weighted by Gasteiger charge is 2.29. The van der Waals surface area contributed by atoms with Crippen LogP contribution in [-0.2, 0) is 14.8 Å². The van der Waals surface area contributed by atoms with E-state index in [-0.39, 0.29) is 17.9 Å². The van der Waals surface area contributed by atoms with E-state index in [1.807, 2.05) is 0 Å². The Morgan fingerprint density at radius 3 is 2.38 bits per heavy atom. The molecule has 1 aliphatic heterocycles. The quantitative estimate of drug-likeness (QED) is 0.885. The molecule has 1 N–H and O–H groups in total. The van der Waals surface area contributed by atoms with Gasteiger partial charge in [0.25, 0.3) is 0 Å². The number of aryl methyl sites for hydroxylation is 2. The second-order valence-electron chi connectivity index (χ2n) is 6.75. The number of hydrogen-bond acceptors (Lipinski definition) is 3. The number of carbonyl (C=O) groups is 1. The number of hydrogen-bond donors (Lipinski definition) is 1. The molecule has 6 heteroatoms. The van der Waals surface area contributed by atoms with E-state index in [2.05, 4.69) is 44.3 Å². The highest BCUT2D eigenvalue weighted by molar-refractivity contribution is 7.88. The van der Waals surface area contributed by atoms with Gasteiger partial charge in [0.15, 0.2) is 0 Å². The molecule has 1 aromatic carbocycles. The maximum atomic E-state index is 12.6. The Bertz CT molecular complexity index is 692. The molecule has 0 aliphatic carbocycles. The van der Waals surface area contributed by atoms with E-state index >= 15 is 0 Å². The molecule has 1 fully saturated rings. The average Bonchev–Trinajstić information content (AvgIpc) is 2.54. The van der Waals surface area contributed by atoms with Crippen molar-refractivity contribution >= 4 is 15.9 Å². The standard InChI is InChI=1S/C18H28N2O3S/c1-5-17(16-7-6-13(2)14(3)12-16)19-18(21)15-8-10-20(11-9-15)24(4,22)23/h6-7,12,15,17H,5,8-11H2,1-4H3,(H,19,21)/t17-/m0/s1. The smallest absolute Gasteiger partial charge is 0.223 e. The first-order chi connectivity index (χ1) is 11.2. The van der Waals surface area contributed by atoms with Crippen LogP contribution in [0.3, 0.4) is 0 Å². The maximum absolute atomic E-state index is 12.6. The summed E-state index contributed by atoms with van der Waals surface area (Å²) < 4.78 is 24.6. The Hall–Kier alpha value is -1.40. The first-order valence-corrected chi connectivity index (χ1v) is 10.4. The lowest BCUT2D eigenvalue weighted by molar-refractivity contribution is -0.126. The van der Waals surface area contributed by atoms with E-state index in [9.17, 15) is 13.2 Å². The number of sulfonamides is 1. The predicted molar refractivity (Wildman–Crippen MR) is 96.2 cm³/mol. The van der Waals surface area contributed by atoms with E-state index in [1.165, 1.54) is 21.7 Å². The first kappa shape index (κ1) is 18.9. The highest BCUT2D eigenvalue weighted by atomic mass is 32.2. The van der Waals surface area contributed by atoms with Crippen molar-refractivity contribution < 1.29 is 13.2 Å². The molecule has 2 rings (SSSR count). The van der Waals surface area contributed by atoms with Gasteiger partial charge >= 0.3 is 0 Å². The summed E-state index contributed by atoms with van der Waals surface area (Å²) in [6.45, 7) is 7.07. The molecular formula is C18H28N2O3S. The summed E-state index contributed by atoms with van der Waals surface area (Å²) in [5.74, 6) is -0.0724. The summed E-state index contributed by atoms with van der Waals surface area (Å²) in [6, 6.07) is 6.30. The zero-order valence-corrected chi connectivity index (χ0v) is 15.8. The van der Waals surface area contributed by atoms with Gasteiger partial charge < -0.3 is 5.32 Å². The van der Waals surface area contributed by atoms with E-state index < -0.39 is 10.0 Å². The fourth-order valence-corrected chi connectivity index (χ4v) is 4.02. The molecule has 1 saturated heterocycles.